The summed E-state index contributed by atoms with van der Waals surface area (Å²) in [6.45, 7) is 1.63. The van der Waals surface area contributed by atoms with Gasteiger partial charge in [0.2, 0.25) is 0 Å². The lowest BCUT2D eigenvalue weighted by atomic mass is 10.4. The fourth-order valence-corrected chi connectivity index (χ4v) is 0.120. The molecule has 0 aliphatic heterocycles. The van der Waals surface area contributed by atoms with Crippen molar-refractivity contribution in [3.05, 3.63) is 16.7 Å². The summed E-state index contributed by atoms with van der Waals surface area (Å²) >= 11 is 0. The molecule has 3 heteroatoms. The molecule has 0 heterocycles. The van der Waals surface area contributed by atoms with Crippen molar-refractivity contribution in [2.24, 2.45) is 5.18 Å². The van der Waals surface area contributed by atoms with Gasteiger partial charge in [0.25, 0.3) is 0 Å². The molecule has 0 aliphatic carbocycles. The molecule has 0 saturated heterocycles. The van der Waals surface area contributed by atoms with Gasteiger partial charge < -0.3 is 5.41 Å². The molecule has 0 aromatic carbocycles. The highest BCUT2D eigenvalue weighted by Crippen LogP contribution is 1.83. The van der Waals surface area contributed by atoms with Crippen LogP contribution < -0.4 is 0 Å². The third-order valence-electron chi connectivity index (χ3n) is 0.484. The van der Waals surface area contributed by atoms with Gasteiger partial charge in [0.05, 0.1) is 6.20 Å². The molecular weight excluding hydrogens is 92.1 g/mol. The Bertz CT molecular complexity index is 106. The fourth-order valence-electron chi connectivity index (χ4n) is 0.120. The smallest absolute Gasteiger partial charge is 0.0759 e. The van der Waals surface area contributed by atoms with Gasteiger partial charge in [0.15, 0.2) is 0 Å². The molecule has 0 aromatic heterocycles. The van der Waals surface area contributed by atoms with Gasteiger partial charge in [-0.2, -0.15) is 0 Å². The largest absolute Gasteiger partial charge is 0.308 e. The predicted octanol–water partition coefficient (Wildman–Crippen LogP) is 1.31. The first kappa shape index (κ1) is 6.01. The van der Waals surface area contributed by atoms with Gasteiger partial charge in [-0.25, -0.2) is 0 Å². The molecule has 3 nitrogen and oxygen atoms in total. The SMILES string of the molecule is C/C(C=N)=C/N=O. The van der Waals surface area contributed by atoms with Crippen molar-refractivity contribution in [1.82, 2.24) is 0 Å². The number of nitroso groups, excluding NO2 is 1. The maximum atomic E-state index is 9.34. The van der Waals surface area contributed by atoms with Gasteiger partial charge >= 0.3 is 0 Å². The Morgan fingerprint density at radius 3 is 2.57 bits per heavy atom. The highest BCUT2D eigenvalue weighted by atomic mass is 16.2. The van der Waals surface area contributed by atoms with Gasteiger partial charge in [-0.3, -0.25) is 0 Å². The highest BCUT2D eigenvalue weighted by molar-refractivity contribution is 5.74. The fraction of sp³-hybridized carbons (Fsp3) is 0.250. The van der Waals surface area contributed by atoms with E-state index in [4.69, 9.17) is 5.41 Å². The van der Waals surface area contributed by atoms with E-state index in [-0.39, 0.29) is 0 Å². The van der Waals surface area contributed by atoms with Crippen LogP contribution in [0.15, 0.2) is 16.9 Å². The van der Waals surface area contributed by atoms with E-state index in [2.05, 4.69) is 5.18 Å². The quantitative estimate of drug-likeness (QED) is 0.410. The summed E-state index contributed by atoms with van der Waals surface area (Å²) < 4.78 is 0. The average Bonchev–Trinajstić information content (AvgIpc) is 1.68. The van der Waals surface area contributed by atoms with E-state index in [0.29, 0.717) is 5.57 Å². The molecule has 0 aliphatic rings. The van der Waals surface area contributed by atoms with Crippen LogP contribution in [0.3, 0.4) is 0 Å². The number of nitrogens with one attached hydrogen (secondary N) is 1. The molecule has 0 aromatic rings. The Labute approximate surface area is 41.5 Å². The molecule has 1 N–H and O–H groups in total. The van der Waals surface area contributed by atoms with Crippen LogP contribution in [0.2, 0.25) is 0 Å². The van der Waals surface area contributed by atoms with Gasteiger partial charge in [-0.05, 0) is 17.7 Å². The maximum Gasteiger partial charge on any atom is 0.0759 e. The molecule has 0 radical (unpaired) electrons. The van der Waals surface area contributed by atoms with Crippen LogP contribution >= 0.6 is 0 Å². The lowest BCUT2D eigenvalue weighted by Gasteiger charge is -1.75. The van der Waals surface area contributed by atoms with Crippen LogP contribution in [0, 0.1) is 10.3 Å². The molecular formula is C4H6N2O. The zero-order valence-electron chi connectivity index (χ0n) is 4.01. The van der Waals surface area contributed by atoms with Crippen molar-refractivity contribution in [2.75, 3.05) is 0 Å². The van der Waals surface area contributed by atoms with E-state index in [1.54, 1.807) is 6.92 Å². The summed E-state index contributed by atoms with van der Waals surface area (Å²) in [4.78, 5) is 9.34. The molecule has 0 fully saturated rings. The van der Waals surface area contributed by atoms with Gasteiger partial charge in [-0.1, -0.05) is 0 Å². The molecule has 0 bridgehead atoms. The Kier molecular flexibility index (Phi) is 2.76. The zero-order valence-corrected chi connectivity index (χ0v) is 4.01. The summed E-state index contributed by atoms with van der Waals surface area (Å²) in [6.07, 6.45) is 2.16. The number of hydrogen-bond donors (Lipinski definition) is 1. The second kappa shape index (κ2) is 3.21. The van der Waals surface area contributed by atoms with Gasteiger partial charge in [-0.15, -0.1) is 4.91 Å². The van der Waals surface area contributed by atoms with Gasteiger partial charge in [0, 0.05) is 6.21 Å². The Balaban J connectivity index is 3.72. The minimum absolute atomic E-state index is 0.565. The van der Waals surface area contributed by atoms with Crippen molar-refractivity contribution >= 4 is 6.21 Å². The van der Waals surface area contributed by atoms with E-state index in [0.717, 1.165) is 12.4 Å². The van der Waals surface area contributed by atoms with E-state index < -0.39 is 0 Å². The second-order valence-electron chi connectivity index (χ2n) is 1.12. The summed E-state index contributed by atoms with van der Waals surface area (Å²) in [6, 6.07) is 0. The van der Waals surface area contributed by atoms with Crippen LogP contribution in [0.4, 0.5) is 0 Å². The summed E-state index contributed by atoms with van der Waals surface area (Å²) in [5, 5.41) is 8.96. The first-order chi connectivity index (χ1) is 3.31. The first-order valence-corrected chi connectivity index (χ1v) is 1.81. The van der Waals surface area contributed by atoms with Gasteiger partial charge in [0.1, 0.15) is 0 Å². The molecule has 0 amide bonds. The van der Waals surface area contributed by atoms with Crippen LogP contribution in [0.5, 0.6) is 0 Å². The van der Waals surface area contributed by atoms with Crippen molar-refractivity contribution < 1.29 is 0 Å². The molecule has 38 valence electrons. The highest BCUT2D eigenvalue weighted by Gasteiger charge is 1.74. The minimum Gasteiger partial charge on any atom is -0.308 e. The normalized spacial score (nSPS) is 10.7. The zero-order chi connectivity index (χ0) is 5.70. The van der Waals surface area contributed by atoms with Crippen molar-refractivity contribution in [2.45, 2.75) is 6.92 Å². The summed E-state index contributed by atoms with van der Waals surface area (Å²) in [5.41, 5.74) is 0.565. The molecule has 0 saturated carbocycles. The third kappa shape index (κ3) is 2.82. The summed E-state index contributed by atoms with van der Waals surface area (Å²) in [5.74, 6) is 0. The molecule has 0 atom stereocenters. The van der Waals surface area contributed by atoms with Crippen LogP contribution in [-0.2, 0) is 0 Å². The number of hydrogen-bond acceptors (Lipinski definition) is 3. The molecule has 0 spiro atoms. The van der Waals surface area contributed by atoms with Crippen LogP contribution in [0.1, 0.15) is 6.92 Å². The third-order valence-corrected chi connectivity index (χ3v) is 0.484. The summed E-state index contributed by atoms with van der Waals surface area (Å²) in [7, 11) is 0. The maximum absolute atomic E-state index is 9.34. The lowest BCUT2D eigenvalue weighted by Crippen LogP contribution is -1.69. The van der Waals surface area contributed by atoms with E-state index >= 15 is 0 Å². The Morgan fingerprint density at radius 1 is 1.86 bits per heavy atom. The number of rotatable bonds is 2. The first-order valence-electron chi connectivity index (χ1n) is 1.81. The van der Waals surface area contributed by atoms with Crippen LogP contribution in [0.25, 0.3) is 0 Å². The minimum atomic E-state index is 0.565. The van der Waals surface area contributed by atoms with Crippen LogP contribution in [-0.4, -0.2) is 6.21 Å². The number of nitrogens with zero attached hydrogens (tertiary/aromatic N) is 1. The molecule has 0 unspecified atom stereocenters. The monoisotopic (exact) mass is 98.0 g/mol. The Morgan fingerprint density at radius 2 is 2.43 bits per heavy atom. The van der Waals surface area contributed by atoms with Crippen molar-refractivity contribution in [3.63, 3.8) is 0 Å². The van der Waals surface area contributed by atoms with E-state index in [9.17, 15) is 4.91 Å². The molecule has 7 heavy (non-hydrogen) atoms. The second-order valence-corrected chi connectivity index (χ2v) is 1.12. The number of allylic oxidation sites excluding steroid dienone is 1. The van der Waals surface area contributed by atoms with Crippen molar-refractivity contribution in [1.29, 1.82) is 5.41 Å². The van der Waals surface area contributed by atoms with E-state index in [1.165, 1.54) is 0 Å². The topological polar surface area (TPSA) is 53.3 Å². The predicted molar refractivity (Wildman–Crippen MR) is 28.3 cm³/mol. The molecule has 0 rings (SSSR count). The lowest BCUT2D eigenvalue weighted by molar-refractivity contribution is 1.43. The Hall–Kier alpha value is -0.990. The van der Waals surface area contributed by atoms with E-state index in [1.807, 2.05) is 0 Å². The average molecular weight is 98.1 g/mol. The standard InChI is InChI=1S/C4H6N2O/c1-4(2-5)3-6-7/h2-3,5H,1H3/b4-3-,5-2?. The van der Waals surface area contributed by atoms with Crippen molar-refractivity contribution in [3.8, 4) is 0 Å².